The van der Waals surface area contributed by atoms with Crippen LogP contribution in [0.25, 0.3) is 0 Å². The van der Waals surface area contributed by atoms with Crippen molar-refractivity contribution in [2.24, 2.45) is 5.92 Å². The minimum atomic E-state index is -0.979. The number of aliphatic carboxylic acids is 1. The van der Waals surface area contributed by atoms with Gasteiger partial charge >= 0.3 is 5.97 Å². The molecule has 1 heterocycles. The summed E-state index contributed by atoms with van der Waals surface area (Å²) in [5.74, 6) is -1.51. The number of carboxylic acids is 1. The Morgan fingerprint density at radius 1 is 1.31 bits per heavy atom. The van der Waals surface area contributed by atoms with E-state index in [4.69, 9.17) is 5.11 Å². The molecular weight excluding hydrogens is 212 g/mol. The van der Waals surface area contributed by atoms with Crippen molar-refractivity contribution < 1.29 is 19.5 Å². The van der Waals surface area contributed by atoms with Crippen LogP contribution < -0.4 is 10.6 Å². The number of carbonyl (C=O) groups excluding carboxylic acids is 2. The molecule has 0 aromatic carbocycles. The maximum Gasteiger partial charge on any atom is 0.303 e. The van der Waals surface area contributed by atoms with E-state index in [9.17, 15) is 14.4 Å². The average molecular weight is 228 g/mol. The van der Waals surface area contributed by atoms with Gasteiger partial charge in [-0.05, 0) is 12.3 Å². The predicted molar refractivity (Wildman–Crippen MR) is 55.6 cm³/mol. The van der Waals surface area contributed by atoms with Crippen LogP contribution in [-0.2, 0) is 14.4 Å². The standard InChI is InChI=1S/C10H16N2O4/c1-5(2)8-10(16)11-6(9(15)12-8)3-4-7(13)14/h5-6,8H,3-4H2,1-2H3,(H,11,16)(H,12,15)(H,13,14). The van der Waals surface area contributed by atoms with Gasteiger partial charge in [-0.2, -0.15) is 0 Å². The van der Waals surface area contributed by atoms with Crippen LogP contribution in [0.5, 0.6) is 0 Å². The Morgan fingerprint density at radius 2 is 1.94 bits per heavy atom. The van der Waals surface area contributed by atoms with Crippen molar-refractivity contribution in [2.45, 2.75) is 38.8 Å². The van der Waals surface area contributed by atoms with Crippen LogP contribution in [0.4, 0.5) is 0 Å². The summed E-state index contributed by atoms with van der Waals surface area (Å²) < 4.78 is 0. The molecule has 6 nitrogen and oxygen atoms in total. The second kappa shape index (κ2) is 4.96. The lowest BCUT2D eigenvalue weighted by atomic mass is 9.98. The summed E-state index contributed by atoms with van der Waals surface area (Å²) in [6, 6.07) is -1.24. The number of carbonyl (C=O) groups is 3. The van der Waals surface area contributed by atoms with Gasteiger partial charge in [-0.1, -0.05) is 13.8 Å². The first-order chi connectivity index (χ1) is 7.41. The second-order valence-electron chi connectivity index (χ2n) is 4.22. The zero-order chi connectivity index (χ0) is 12.3. The van der Waals surface area contributed by atoms with E-state index < -0.39 is 18.1 Å². The molecule has 1 rings (SSSR count). The molecule has 0 bridgehead atoms. The Kier molecular flexibility index (Phi) is 3.87. The number of piperazine rings is 1. The molecule has 1 saturated heterocycles. The van der Waals surface area contributed by atoms with Crippen molar-refractivity contribution in [2.75, 3.05) is 0 Å². The smallest absolute Gasteiger partial charge is 0.303 e. The van der Waals surface area contributed by atoms with E-state index in [2.05, 4.69) is 10.6 Å². The molecule has 6 heteroatoms. The molecule has 0 aliphatic carbocycles. The summed E-state index contributed by atoms with van der Waals surface area (Å²) >= 11 is 0. The summed E-state index contributed by atoms with van der Waals surface area (Å²) in [6.45, 7) is 3.67. The van der Waals surface area contributed by atoms with Crippen molar-refractivity contribution in [1.82, 2.24) is 10.6 Å². The molecule has 0 radical (unpaired) electrons. The van der Waals surface area contributed by atoms with E-state index in [1.54, 1.807) is 0 Å². The first-order valence-electron chi connectivity index (χ1n) is 5.24. The Morgan fingerprint density at radius 3 is 2.44 bits per heavy atom. The SMILES string of the molecule is CC(C)C1NC(=O)C(CCC(=O)O)NC1=O. The van der Waals surface area contributed by atoms with E-state index >= 15 is 0 Å². The first kappa shape index (κ1) is 12.5. The van der Waals surface area contributed by atoms with E-state index in [1.165, 1.54) is 0 Å². The third-order valence-electron chi connectivity index (χ3n) is 2.53. The van der Waals surface area contributed by atoms with Gasteiger partial charge in [0, 0.05) is 6.42 Å². The zero-order valence-corrected chi connectivity index (χ0v) is 9.32. The van der Waals surface area contributed by atoms with Crippen molar-refractivity contribution in [3.63, 3.8) is 0 Å². The molecule has 16 heavy (non-hydrogen) atoms. The van der Waals surface area contributed by atoms with Crippen LogP contribution in [0, 0.1) is 5.92 Å². The molecule has 0 saturated carbocycles. The van der Waals surface area contributed by atoms with Gasteiger partial charge in [0.2, 0.25) is 11.8 Å². The Balaban J connectivity index is 2.56. The molecule has 2 atom stereocenters. The molecule has 2 unspecified atom stereocenters. The Labute approximate surface area is 93.4 Å². The van der Waals surface area contributed by atoms with E-state index in [0.29, 0.717) is 0 Å². The van der Waals surface area contributed by atoms with Crippen molar-refractivity contribution in [1.29, 1.82) is 0 Å². The van der Waals surface area contributed by atoms with Gasteiger partial charge in [0.05, 0.1) is 0 Å². The normalized spacial score (nSPS) is 25.2. The lowest BCUT2D eigenvalue weighted by Gasteiger charge is -2.31. The Bertz CT molecular complexity index is 314. The number of amides is 2. The van der Waals surface area contributed by atoms with E-state index in [-0.39, 0.29) is 30.6 Å². The van der Waals surface area contributed by atoms with Crippen LogP contribution in [0.1, 0.15) is 26.7 Å². The van der Waals surface area contributed by atoms with Crippen LogP contribution in [0.2, 0.25) is 0 Å². The fraction of sp³-hybridized carbons (Fsp3) is 0.700. The molecule has 0 aromatic rings. The van der Waals surface area contributed by atoms with Crippen LogP contribution >= 0.6 is 0 Å². The summed E-state index contributed by atoms with van der Waals surface area (Å²) in [5, 5.41) is 13.6. The molecular formula is C10H16N2O4. The van der Waals surface area contributed by atoms with Gasteiger partial charge in [0.15, 0.2) is 0 Å². The van der Waals surface area contributed by atoms with Gasteiger partial charge in [-0.15, -0.1) is 0 Å². The number of hydrogen-bond donors (Lipinski definition) is 3. The maximum absolute atomic E-state index is 11.6. The van der Waals surface area contributed by atoms with Crippen LogP contribution in [0.3, 0.4) is 0 Å². The molecule has 2 amide bonds. The summed E-state index contributed by atoms with van der Waals surface area (Å²) in [4.78, 5) is 33.5. The van der Waals surface area contributed by atoms with E-state index in [0.717, 1.165) is 0 Å². The van der Waals surface area contributed by atoms with Gasteiger partial charge < -0.3 is 15.7 Å². The molecule has 1 aliphatic rings. The topological polar surface area (TPSA) is 95.5 Å². The summed E-state index contributed by atoms with van der Waals surface area (Å²) in [5.41, 5.74) is 0. The molecule has 1 fully saturated rings. The van der Waals surface area contributed by atoms with Crippen LogP contribution in [-0.4, -0.2) is 35.0 Å². The average Bonchev–Trinajstić information content (AvgIpc) is 2.18. The lowest BCUT2D eigenvalue weighted by Crippen LogP contribution is -2.63. The number of rotatable bonds is 4. The van der Waals surface area contributed by atoms with Crippen molar-refractivity contribution in [3.8, 4) is 0 Å². The van der Waals surface area contributed by atoms with Gasteiger partial charge in [0.1, 0.15) is 12.1 Å². The molecule has 1 aliphatic heterocycles. The number of hydrogen-bond acceptors (Lipinski definition) is 3. The highest BCUT2D eigenvalue weighted by atomic mass is 16.4. The minimum Gasteiger partial charge on any atom is -0.481 e. The second-order valence-corrected chi connectivity index (χ2v) is 4.22. The van der Waals surface area contributed by atoms with E-state index in [1.807, 2.05) is 13.8 Å². The highest BCUT2D eigenvalue weighted by Gasteiger charge is 2.34. The highest BCUT2D eigenvalue weighted by molar-refractivity contribution is 5.97. The van der Waals surface area contributed by atoms with Gasteiger partial charge in [-0.25, -0.2) is 0 Å². The quantitative estimate of drug-likeness (QED) is 0.604. The number of carboxylic acid groups (broad SMARTS) is 1. The Hall–Kier alpha value is -1.59. The monoisotopic (exact) mass is 228 g/mol. The molecule has 3 N–H and O–H groups in total. The summed E-state index contributed by atoms with van der Waals surface area (Å²) in [7, 11) is 0. The largest absolute Gasteiger partial charge is 0.481 e. The third-order valence-corrected chi connectivity index (χ3v) is 2.53. The zero-order valence-electron chi connectivity index (χ0n) is 9.32. The molecule has 0 spiro atoms. The van der Waals surface area contributed by atoms with Crippen LogP contribution in [0.15, 0.2) is 0 Å². The minimum absolute atomic E-state index is 0.0179. The first-order valence-corrected chi connectivity index (χ1v) is 5.24. The maximum atomic E-state index is 11.6. The highest BCUT2D eigenvalue weighted by Crippen LogP contribution is 2.09. The number of nitrogens with one attached hydrogen (secondary N) is 2. The molecule has 0 aromatic heterocycles. The third kappa shape index (κ3) is 2.95. The fourth-order valence-electron chi connectivity index (χ4n) is 1.59. The summed E-state index contributed by atoms with van der Waals surface area (Å²) in [6.07, 6.45) is -0.0115. The molecule has 90 valence electrons. The van der Waals surface area contributed by atoms with Crippen molar-refractivity contribution >= 4 is 17.8 Å². The van der Waals surface area contributed by atoms with Gasteiger partial charge in [-0.3, -0.25) is 14.4 Å². The van der Waals surface area contributed by atoms with Crippen molar-refractivity contribution in [3.05, 3.63) is 0 Å². The fourth-order valence-corrected chi connectivity index (χ4v) is 1.59. The lowest BCUT2D eigenvalue weighted by molar-refractivity contribution is -0.140. The van der Waals surface area contributed by atoms with Gasteiger partial charge in [0.25, 0.3) is 0 Å². The predicted octanol–water partition coefficient (Wildman–Crippen LogP) is -0.510.